The lowest BCUT2D eigenvalue weighted by Crippen LogP contribution is -2.50. The number of thioether (sulfide) groups is 1. The van der Waals surface area contributed by atoms with Gasteiger partial charge in [0.15, 0.2) is 23.1 Å². The zero-order valence-corrected chi connectivity index (χ0v) is 24.1. The second-order valence-corrected chi connectivity index (χ2v) is 10.6. The molecule has 5 rings (SSSR count). The molecule has 1 aromatic heterocycles. The van der Waals surface area contributed by atoms with E-state index in [4.69, 9.17) is 18.9 Å². The van der Waals surface area contributed by atoms with Crippen LogP contribution in [-0.4, -0.2) is 58.1 Å². The van der Waals surface area contributed by atoms with Crippen molar-refractivity contribution in [3.05, 3.63) is 130 Å². The third kappa shape index (κ3) is 6.52. The van der Waals surface area contributed by atoms with Crippen molar-refractivity contribution < 1.29 is 33.3 Å². The van der Waals surface area contributed by atoms with Crippen LogP contribution in [0.3, 0.4) is 0 Å². The Hall–Kier alpha value is -4.74. The predicted molar refractivity (Wildman–Crippen MR) is 157 cm³/mol. The van der Waals surface area contributed by atoms with Crippen LogP contribution < -0.4 is 5.56 Å². The maximum absolute atomic E-state index is 13.5. The molecule has 43 heavy (non-hydrogen) atoms. The van der Waals surface area contributed by atoms with Gasteiger partial charge in [-0.1, -0.05) is 66.4 Å². The maximum atomic E-state index is 13.5. The first kappa shape index (κ1) is 29.7. The van der Waals surface area contributed by atoms with E-state index in [0.717, 1.165) is 0 Å². The van der Waals surface area contributed by atoms with Crippen molar-refractivity contribution in [1.82, 2.24) is 9.55 Å². The summed E-state index contributed by atoms with van der Waals surface area (Å²) in [7, 11) is 0. The molecule has 220 valence electrons. The molecule has 2 heterocycles. The van der Waals surface area contributed by atoms with Crippen LogP contribution in [0.4, 0.5) is 0 Å². The molecule has 1 fully saturated rings. The fraction of sp³-hybridized carbons (Fsp3) is 0.219. The van der Waals surface area contributed by atoms with E-state index in [1.807, 2.05) is 0 Å². The molecule has 0 spiro atoms. The van der Waals surface area contributed by atoms with Crippen LogP contribution in [0, 0.1) is 0 Å². The van der Waals surface area contributed by atoms with Gasteiger partial charge < -0.3 is 18.9 Å². The largest absolute Gasteiger partial charge is 0.459 e. The third-order valence-corrected chi connectivity index (χ3v) is 7.56. The third-order valence-electron chi connectivity index (χ3n) is 6.89. The molecule has 1 saturated heterocycles. The Kier molecular flexibility index (Phi) is 9.03. The van der Waals surface area contributed by atoms with Crippen LogP contribution in [0.5, 0.6) is 0 Å². The standard InChI is InChI=1S/C32H28N2O8S/c1-32(42-29(38)23-16-10-5-11-17-23)26(41-28(37)22-14-8-4-9-15-22)24(20-39-27(36)21-12-6-3-7-13-21)40-30(32)34-19-18-25(35)33-31(34)43-2/h3-19,24,26,30H,20H2,1-2H3/t24-,26+,30-,32?/m1/s1. The fourth-order valence-corrected chi connectivity index (χ4v) is 5.33. The monoisotopic (exact) mass is 600 g/mol. The molecule has 0 radical (unpaired) electrons. The van der Waals surface area contributed by atoms with E-state index < -0.39 is 47.5 Å². The first-order valence-corrected chi connectivity index (χ1v) is 14.6. The Morgan fingerprint density at radius 1 is 0.837 bits per heavy atom. The highest BCUT2D eigenvalue weighted by Gasteiger charge is 2.60. The molecule has 11 heteroatoms. The quantitative estimate of drug-likeness (QED) is 0.117. The van der Waals surface area contributed by atoms with Gasteiger partial charge in [-0.25, -0.2) is 14.4 Å². The van der Waals surface area contributed by atoms with Crippen molar-refractivity contribution in [2.45, 2.75) is 36.1 Å². The van der Waals surface area contributed by atoms with Crippen LogP contribution in [-0.2, 0) is 18.9 Å². The van der Waals surface area contributed by atoms with Crippen LogP contribution in [0.15, 0.2) is 113 Å². The average Bonchev–Trinajstić information content (AvgIpc) is 3.30. The van der Waals surface area contributed by atoms with Gasteiger partial charge in [-0.3, -0.25) is 9.36 Å². The summed E-state index contributed by atoms with van der Waals surface area (Å²) in [5.74, 6) is -2.00. The zero-order chi connectivity index (χ0) is 30.4. The summed E-state index contributed by atoms with van der Waals surface area (Å²) in [6.45, 7) is 1.24. The van der Waals surface area contributed by atoms with E-state index in [2.05, 4.69) is 4.98 Å². The average molecular weight is 601 g/mol. The highest BCUT2D eigenvalue weighted by molar-refractivity contribution is 7.98. The van der Waals surface area contributed by atoms with Gasteiger partial charge in [-0.15, -0.1) is 0 Å². The van der Waals surface area contributed by atoms with Crippen molar-refractivity contribution in [2.75, 3.05) is 12.9 Å². The predicted octanol–water partition coefficient (Wildman–Crippen LogP) is 4.56. The molecular formula is C32H28N2O8S. The summed E-state index contributed by atoms with van der Waals surface area (Å²) >= 11 is 1.18. The summed E-state index contributed by atoms with van der Waals surface area (Å²) < 4.78 is 25.7. The Morgan fingerprint density at radius 3 is 1.93 bits per heavy atom. The van der Waals surface area contributed by atoms with Crippen LogP contribution >= 0.6 is 11.8 Å². The van der Waals surface area contributed by atoms with Gasteiger partial charge in [0, 0.05) is 12.3 Å². The van der Waals surface area contributed by atoms with E-state index in [1.54, 1.807) is 104 Å². The maximum Gasteiger partial charge on any atom is 0.338 e. The van der Waals surface area contributed by atoms with Gasteiger partial charge in [0.25, 0.3) is 5.56 Å². The normalized spacial score (nSPS) is 21.1. The molecule has 1 unspecified atom stereocenters. The number of benzene rings is 3. The molecule has 1 aliphatic rings. The molecule has 10 nitrogen and oxygen atoms in total. The highest BCUT2D eigenvalue weighted by atomic mass is 32.2. The number of hydrogen-bond acceptors (Lipinski definition) is 10. The summed E-state index contributed by atoms with van der Waals surface area (Å²) in [6.07, 6.45) is -0.269. The Bertz CT molecular complexity index is 1650. The van der Waals surface area contributed by atoms with Gasteiger partial charge in [0.05, 0.1) is 16.7 Å². The minimum atomic E-state index is -1.68. The topological polar surface area (TPSA) is 123 Å². The summed E-state index contributed by atoms with van der Waals surface area (Å²) in [5.41, 5.74) is -1.30. The second kappa shape index (κ2) is 13.1. The zero-order valence-electron chi connectivity index (χ0n) is 23.3. The first-order chi connectivity index (χ1) is 20.8. The number of hydrogen-bond donors (Lipinski definition) is 0. The summed E-state index contributed by atoms with van der Waals surface area (Å²) in [5, 5.41) is 0.273. The van der Waals surface area contributed by atoms with Crippen molar-refractivity contribution in [3.8, 4) is 0 Å². The summed E-state index contributed by atoms with van der Waals surface area (Å²) in [4.78, 5) is 55.8. The molecule has 1 aliphatic heterocycles. The molecular weight excluding hydrogens is 572 g/mol. The molecule has 0 bridgehead atoms. The number of carbonyl (C=O) groups is 3. The van der Waals surface area contributed by atoms with E-state index in [1.165, 1.54) is 28.6 Å². The Morgan fingerprint density at radius 2 is 1.37 bits per heavy atom. The second-order valence-electron chi connectivity index (χ2n) is 9.78. The van der Waals surface area contributed by atoms with Crippen molar-refractivity contribution in [3.63, 3.8) is 0 Å². The number of esters is 3. The van der Waals surface area contributed by atoms with Gasteiger partial charge in [-0.2, -0.15) is 4.98 Å². The highest BCUT2D eigenvalue weighted by Crippen LogP contribution is 2.45. The minimum Gasteiger partial charge on any atom is -0.459 e. The van der Waals surface area contributed by atoms with Crippen LogP contribution in [0.25, 0.3) is 0 Å². The SMILES string of the molecule is CSc1nc(=O)ccn1[C@@H]1O[C@H](COC(=O)c2ccccc2)[C@H](OC(=O)c2ccccc2)C1(C)OC(=O)c1ccccc1. The van der Waals surface area contributed by atoms with Gasteiger partial charge in [0.1, 0.15) is 12.7 Å². The smallest absolute Gasteiger partial charge is 0.338 e. The molecule has 0 saturated carbocycles. The molecule has 0 amide bonds. The number of aromatic nitrogens is 2. The molecule has 0 aliphatic carbocycles. The lowest BCUT2D eigenvalue weighted by Gasteiger charge is -2.35. The van der Waals surface area contributed by atoms with Gasteiger partial charge in [-0.05, 0) is 49.6 Å². The number of ether oxygens (including phenoxy) is 4. The van der Waals surface area contributed by atoms with Crippen molar-refractivity contribution in [1.29, 1.82) is 0 Å². The van der Waals surface area contributed by atoms with E-state index >= 15 is 0 Å². The van der Waals surface area contributed by atoms with Crippen LogP contribution in [0.2, 0.25) is 0 Å². The first-order valence-electron chi connectivity index (χ1n) is 13.4. The van der Waals surface area contributed by atoms with Gasteiger partial charge >= 0.3 is 17.9 Å². The number of carbonyl (C=O) groups excluding carboxylic acids is 3. The van der Waals surface area contributed by atoms with E-state index in [0.29, 0.717) is 5.56 Å². The Balaban J connectivity index is 1.56. The van der Waals surface area contributed by atoms with Gasteiger partial charge in [0.2, 0.25) is 0 Å². The lowest BCUT2D eigenvalue weighted by atomic mass is 9.95. The van der Waals surface area contributed by atoms with E-state index in [9.17, 15) is 19.2 Å². The molecule has 3 aromatic carbocycles. The lowest BCUT2D eigenvalue weighted by molar-refractivity contribution is -0.113. The van der Waals surface area contributed by atoms with Crippen molar-refractivity contribution >= 4 is 29.7 Å². The molecule has 4 aromatic rings. The number of nitrogens with zero attached hydrogens (tertiary/aromatic N) is 2. The van der Waals surface area contributed by atoms with Crippen molar-refractivity contribution in [2.24, 2.45) is 0 Å². The molecule has 0 N–H and O–H groups in total. The molecule has 4 atom stereocenters. The van der Waals surface area contributed by atoms with E-state index in [-0.39, 0.29) is 22.9 Å². The fourth-order valence-electron chi connectivity index (χ4n) is 4.78. The van der Waals surface area contributed by atoms with Crippen LogP contribution in [0.1, 0.15) is 44.2 Å². The minimum absolute atomic E-state index is 0.262. The Labute approximate surface area is 251 Å². The summed E-state index contributed by atoms with van der Waals surface area (Å²) in [6, 6.07) is 26.3. The number of rotatable bonds is 9.